The number of fused-ring (bicyclic) bond motifs is 3. The fourth-order valence-corrected chi connectivity index (χ4v) is 3.41. The lowest BCUT2D eigenvalue weighted by atomic mass is 9.98. The number of nitrogens with one attached hydrogen (secondary N) is 1. The van der Waals surface area contributed by atoms with E-state index in [1.165, 1.54) is 5.56 Å². The highest BCUT2D eigenvalue weighted by Crippen LogP contribution is 2.39. The van der Waals surface area contributed by atoms with E-state index in [4.69, 9.17) is 0 Å². The van der Waals surface area contributed by atoms with Crippen LogP contribution in [-0.4, -0.2) is 16.8 Å². The number of carbonyl (C=O) groups is 1. The third-order valence-corrected chi connectivity index (χ3v) is 4.88. The fraction of sp³-hybridized carbons (Fsp3) is 0.0909. The van der Waals surface area contributed by atoms with Crippen LogP contribution in [0.25, 0.3) is 11.1 Å². The van der Waals surface area contributed by atoms with Gasteiger partial charge in [0, 0.05) is 27.9 Å². The summed E-state index contributed by atoms with van der Waals surface area (Å²) < 4.78 is 0. The zero-order valence-corrected chi connectivity index (χ0v) is 14.6. The smallest absolute Gasteiger partial charge is 0.256 e. The molecule has 1 aliphatic rings. The summed E-state index contributed by atoms with van der Waals surface area (Å²) in [5, 5.41) is 15.9. The molecule has 0 radical (unpaired) electrons. The Hall–Kier alpha value is -3.40. The molecule has 3 aromatic carbocycles. The topological polar surface area (TPSA) is 61.7 Å². The van der Waals surface area contributed by atoms with E-state index in [1.807, 2.05) is 68.4 Å². The summed E-state index contributed by atoms with van der Waals surface area (Å²) in [4.78, 5) is 13.0. The third kappa shape index (κ3) is 2.47. The van der Waals surface area contributed by atoms with Crippen LogP contribution in [0.1, 0.15) is 32.6 Å². The summed E-state index contributed by atoms with van der Waals surface area (Å²) in [7, 11) is 0. The van der Waals surface area contributed by atoms with Gasteiger partial charge in [0.25, 0.3) is 5.91 Å². The molecular weight excluding hydrogens is 324 g/mol. The zero-order chi connectivity index (χ0) is 18.3. The Morgan fingerprint density at radius 1 is 0.885 bits per heavy atom. The van der Waals surface area contributed by atoms with Gasteiger partial charge in [0.05, 0.1) is 0 Å². The second-order valence-electron chi connectivity index (χ2n) is 6.48. The van der Waals surface area contributed by atoms with E-state index in [9.17, 15) is 10.0 Å². The van der Waals surface area contributed by atoms with Crippen LogP contribution in [0.5, 0.6) is 0 Å². The van der Waals surface area contributed by atoms with E-state index in [0.29, 0.717) is 11.3 Å². The van der Waals surface area contributed by atoms with Crippen molar-refractivity contribution in [3.63, 3.8) is 0 Å². The van der Waals surface area contributed by atoms with Gasteiger partial charge in [-0.2, -0.15) is 0 Å². The van der Waals surface area contributed by atoms with Crippen LogP contribution in [0.3, 0.4) is 0 Å². The van der Waals surface area contributed by atoms with Crippen molar-refractivity contribution in [1.82, 2.24) is 0 Å². The lowest BCUT2D eigenvalue weighted by molar-refractivity contribution is 0.102. The number of nitrogens with zero attached hydrogens (tertiary/aromatic N) is 1. The molecule has 4 nitrogen and oxygen atoms in total. The lowest BCUT2D eigenvalue weighted by Gasteiger charge is -2.11. The summed E-state index contributed by atoms with van der Waals surface area (Å²) in [5.74, 6) is -0.181. The van der Waals surface area contributed by atoms with Gasteiger partial charge in [0.1, 0.15) is 5.71 Å². The van der Waals surface area contributed by atoms with Crippen molar-refractivity contribution < 1.29 is 10.0 Å². The minimum absolute atomic E-state index is 0.181. The number of oxime groups is 1. The monoisotopic (exact) mass is 342 g/mol. The maximum Gasteiger partial charge on any atom is 0.256 e. The first-order valence-electron chi connectivity index (χ1n) is 8.44. The predicted molar refractivity (Wildman–Crippen MR) is 103 cm³/mol. The number of benzene rings is 3. The molecule has 0 saturated carbocycles. The second kappa shape index (κ2) is 6.15. The molecule has 4 rings (SSSR count). The van der Waals surface area contributed by atoms with E-state index in [1.54, 1.807) is 6.07 Å². The molecule has 3 aromatic rings. The second-order valence-corrected chi connectivity index (χ2v) is 6.48. The minimum Gasteiger partial charge on any atom is -0.410 e. The number of hydrogen-bond acceptors (Lipinski definition) is 3. The van der Waals surface area contributed by atoms with Gasteiger partial charge in [0.2, 0.25) is 0 Å². The van der Waals surface area contributed by atoms with E-state index in [-0.39, 0.29) is 5.91 Å². The first kappa shape index (κ1) is 16.1. The molecule has 0 heterocycles. The van der Waals surface area contributed by atoms with Gasteiger partial charge in [-0.1, -0.05) is 47.6 Å². The maximum absolute atomic E-state index is 13.0. The average Bonchev–Trinajstić information content (AvgIpc) is 2.98. The lowest BCUT2D eigenvalue weighted by Crippen LogP contribution is -2.13. The summed E-state index contributed by atoms with van der Waals surface area (Å²) >= 11 is 0. The highest BCUT2D eigenvalue weighted by atomic mass is 16.4. The molecule has 0 atom stereocenters. The Balaban J connectivity index is 1.79. The van der Waals surface area contributed by atoms with Gasteiger partial charge in [0.15, 0.2) is 0 Å². The van der Waals surface area contributed by atoms with Crippen molar-refractivity contribution in [2.45, 2.75) is 13.8 Å². The average molecular weight is 342 g/mol. The Labute approximate surface area is 151 Å². The number of hydrogen-bond donors (Lipinski definition) is 2. The molecule has 0 spiro atoms. The van der Waals surface area contributed by atoms with Crippen molar-refractivity contribution in [2.75, 3.05) is 5.32 Å². The maximum atomic E-state index is 13.0. The molecule has 4 heteroatoms. The first-order chi connectivity index (χ1) is 12.6. The summed E-state index contributed by atoms with van der Waals surface area (Å²) in [6.45, 7) is 4.06. The largest absolute Gasteiger partial charge is 0.410 e. The SMILES string of the molecule is Cc1ccc(NC(=O)c2cccc3c2-c2ccccc2/C3=N/O)cc1C. The van der Waals surface area contributed by atoms with Crippen molar-refractivity contribution in [2.24, 2.45) is 5.16 Å². The fourth-order valence-electron chi connectivity index (χ4n) is 3.41. The molecule has 26 heavy (non-hydrogen) atoms. The Morgan fingerprint density at radius 2 is 1.62 bits per heavy atom. The van der Waals surface area contributed by atoms with Crippen LogP contribution in [0.15, 0.2) is 65.8 Å². The number of rotatable bonds is 2. The van der Waals surface area contributed by atoms with Gasteiger partial charge >= 0.3 is 0 Å². The van der Waals surface area contributed by atoms with Crippen molar-refractivity contribution in [3.05, 3.63) is 88.5 Å². The van der Waals surface area contributed by atoms with Crippen LogP contribution in [0.4, 0.5) is 5.69 Å². The van der Waals surface area contributed by atoms with Gasteiger partial charge < -0.3 is 10.5 Å². The highest BCUT2D eigenvalue weighted by Gasteiger charge is 2.29. The molecule has 128 valence electrons. The molecule has 0 bridgehead atoms. The number of carbonyl (C=O) groups excluding carboxylic acids is 1. The molecule has 2 N–H and O–H groups in total. The summed E-state index contributed by atoms with van der Waals surface area (Å²) in [6, 6.07) is 19.0. The van der Waals surface area contributed by atoms with E-state index in [0.717, 1.165) is 33.5 Å². The van der Waals surface area contributed by atoms with Crippen molar-refractivity contribution >= 4 is 17.3 Å². The number of aryl methyl sites for hydroxylation is 2. The summed E-state index contributed by atoms with van der Waals surface area (Å²) in [5.41, 5.74) is 7.43. The predicted octanol–water partition coefficient (Wildman–Crippen LogP) is 4.76. The summed E-state index contributed by atoms with van der Waals surface area (Å²) in [6.07, 6.45) is 0. The molecule has 1 amide bonds. The van der Waals surface area contributed by atoms with Crippen LogP contribution in [0.2, 0.25) is 0 Å². The quantitative estimate of drug-likeness (QED) is 0.407. The Morgan fingerprint density at radius 3 is 2.35 bits per heavy atom. The van der Waals surface area contributed by atoms with E-state index >= 15 is 0 Å². The van der Waals surface area contributed by atoms with Gasteiger partial charge in [-0.15, -0.1) is 0 Å². The Bertz CT molecular complexity index is 1070. The van der Waals surface area contributed by atoms with E-state index < -0.39 is 0 Å². The molecule has 1 aliphatic carbocycles. The van der Waals surface area contributed by atoms with Gasteiger partial charge in [-0.05, 0) is 48.7 Å². The first-order valence-corrected chi connectivity index (χ1v) is 8.44. The molecule has 0 saturated heterocycles. The molecule has 0 fully saturated rings. The van der Waals surface area contributed by atoms with Crippen LogP contribution in [0, 0.1) is 13.8 Å². The van der Waals surface area contributed by atoms with Crippen molar-refractivity contribution in [3.8, 4) is 11.1 Å². The molecule has 0 aliphatic heterocycles. The Kier molecular flexibility index (Phi) is 3.81. The van der Waals surface area contributed by atoms with Crippen molar-refractivity contribution in [1.29, 1.82) is 0 Å². The molecule has 0 aromatic heterocycles. The van der Waals surface area contributed by atoms with Crippen LogP contribution in [-0.2, 0) is 0 Å². The standard InChI is InChI=1S/C22H18N2O2/c1-13-10-11-15(12-14(13)2)23-22(25)19-9-5-8-18-20(19)16-6-3-4-7-17(16)21(18)24-26/h3-12,26H,1-2H3,(H,23,25)/b24-21-. The molecule has 0 unspecified atom stereocenters. The van der Waals surface area contributed by atoms with E-state index in [2.05, 4.69) is 10.5 Å². The zero-order valence-electron chi connectivity index (χ0n) is 14.6. The van der Waals surface area contributed by atoms with Gasteiger partial charge in [-0.3, -0.25) is 4.79 Å². The third-order valence-electron chi connectivity index (χ3n) is 4.88. The highest BCUT2D eigenvalue weighted by molar-refractivity contribution is 6.27. The minimum atomic E-state index is -0.181. The number of anilines is 1. The normalized spacial score (nSPS) is 13.4. The van der Waals surface area contributed by atoms with Crippen LogP contribution < -0.4 is 5.32 Å². The molecular formula is C22H18N2O2. The van der Waals surface area contributed by atoms with Gasteiger partial charge in [-0.25, -0.2) is 0 Å². The number of amides is 1. The van der Waals surface area contributed by atoms with Crippen LogP contribution >= 0.6 is 0 Å².